The summed E-state index contributed by atoms with van der Waals surface area (Å²) in [4.78, 5) is 32.7. The molecule has 8 heteroatoms. The first-order valence-corrected chi connectivity index (χ1v) is 11.7. The average molecular weight is 487 g/mol. The van der Waals surface area contributed by atoms with Crippen molar-refractivity contribution in [3.05, 3.63) is 89.0 Å². The Morgan fingerprint density at radius 1 is 0.943 bits per heavy atom. The van der Waals surface area contributed by atoms with E-state index in [1.165, 1.54) is 16.2 Å². The lowest BCUT2D eigenvalue weighted by atomic mass is 9.95. The summed E-state index contributed by atoms with van der Waals surface area (Å²) in [6.45, 7) is 1.93. The number of aliphatic hydroxyl groups is 1. The SMILES string of the molecule is COc1ccc(C2/C(=C(\O)c3ccc(C)cc3)C(=O)C(=O)N2c2nc3ccc(OC)cc3s2)cc1. The van der Waals surface area contributed by atoms with Gasteiger partial charge in [-0.1, -0.05) is 53.3 Å². The first-order chi connectivity index (χ1) is 16.9. The number of ketones is 1. The quantitative estimate of drug-likeness (QED) is 0.236. The van der Waals surface area contributed by atoms with Gasteiger partial charge in [0.25, 0.3) is 5.78 Å². The zero-order chi connectivity index (χ0) is 24.7. The Balaban J connectivity index is 1.70. The van der Waals surface area contributed by atoms with Crippen LogP contribution in [0.15, 0.2) is 72.3 Å². The van der Waals surface area contributed by atoms with Crippen molar-refractivity contribution in [2.75, 3.05) is 19.1 Å². The van der Waals surface area contributed by atoms with Crippen LogP contribution in [0.1, 0.15) is 22.7 Å². The Morgan fingerprint density at radius 3 is 2.26 bits per heavy atom. The number of ether oxygens (including phenoxy) is 2. The monoisotopic (exact) mass is 486 g/mol. The van der Waals surface area contributed by atoms with Gasteiger partial charge >= 0.3 is 5.91 Å². The molecule has 1 atom stereocenters. The number of hydrogen-bond donors (Lipinski definition) is 1. The molecule has 1 unspecified atom stereocenters. The number of rotatable bonds is 5. The van der Waals surface area contributed by atoms with Crippen LogP contribution in [0.4, 0.5) is 5.13 Å². The van der Waals surface area contributed by atoms with E-state index in [1.54, 1.807) is 62.8 Å². The molecule has 0 radical (unpaired) electrons. The number of benzene rings is 3. The van der Waals surface area contributed by atoms with Crippen molar-refractivity contribution in [3.8, 4) is 11.5 Å². The summed E-state index contributed by atoms with van der Waals surface area (Å²) >= 11 is 1.28. The fraction of sp³-hybridized carbons (Fsp3) is 0.148. The number of aryl methyl sites for hydroxylation is 1. The first-order valence-electron chi connectivity index (χ1n) is 10.9. The second kappa shape index (κ2) is 8.88. The molecule has 176 valence electrons. The Labute approximate surface area is 205 Å². The summed E-state index contributed by atoms with van der Waals surface area (Å²) in [6, 6.07) is 18.8. The van der Waals surface area contributed by atoms with Crippen LogP contribution in [-0.4, -0.2) is 36.0 Å². The van der Waals surface area contributed by atoms with Gasteiger partial charge in [-0.3, -0.25) is 14.5 Å². The number of methoxy groups -OCH3 is 2. The summed E-state index contributed by atoms with van der Waals surface area (Å²) in [5.41, 5.74) is 2.82. The number of hydrogen-bond acceptors (Lipinski definition) is 7. The number of fused-ring (bicyclic) bond motifs is 1. The van der Waals surface area contributed by atoms with E-state index < -0.39 is 17.7 Å². The van der Waals surface area contributed by atoms with Crippen LogP contribution in [-0.2, 0) is 9.59 Å². The zero-order valence-corrected chi connectivity index (χ0v) is 20.1. The largest absolute Gasteiger partial charge is 0.507 e. The van der Waals surface area contributed by atoms with Crippen LogP contribution in [0.3, 0.4) is 0 Å². The number of anilines is 1. The Kier molecular flexibility index (Phi) is 5.74. The number of Topliss-reactive ketones (excluding diaryl/α,β-unsaturated/α-hetero) is 1. The number of amides is 1. The van der Waals surface area contributed by atoms with Gasteiger partial charge in [-0.15, -0.1) is 0 Å². The summed E-state index contributed by atoms with van der Waals surface area (Å²) in [5, 5.41) is 11.6. The van der Waals surface area contributed by atoms with Gasteiger partial charge in [0.2, 0.25) is 0 Å². The maximum Gasteiger partial charge on any atom is 0.301 e. The maximum absolute atomic E-state index is 13.4. The summed E-state index contributed by atoms with van der Waals surface area (Å²) in [7, 11) is 3.14. The molecule has 0 spiro atoms. The number of nitrogens with zero attached hydrogens (tertiary/aromatic N) is 2. The molecule has 1 aliphatic rings. The molecule has 1 aromatic heterocycles. The van der Waals surface area contributed by atoms with Crippen molar-refractivity contribution in [2.45, 2.75) is 13.0 Å². The van der Waals surface area contributed by atoms with Crippen molar-refractivity contribution in [1.29, 1.82) is 0 Å². The van der Waals surface area contributed by atoms with Gasteiger partial charge in [0.1, 0.15) is 17.3 Å². The molecule has 1 amide bonds. The summed E-state index contributed by atoms with van der Waals surface area (Å²) in [6.07, 6.45) is 0. The zero-order valence-electron chi connectivity index (χ0n) is 19.3. The number of carbonyl (C=O) groups excluding carboxylic acids is 2. The molecule has 7 nitrogen and oxygen atoms in total. The van der Waals surface area contributed by atoms with E-state index >= 15 is 0 Å². The second-order valence-corrected chi connectivity index (χ2v) is 9.15. The lowest BCUT2D eigenvalue weighted by Crippen LogP contribution is -2.29. The van der Waals surface area contributed by atoms with Gasteiger partial charge in [-0.25, -0.2) is 4.98 Å². The highest BCUT2D eigenvalue weighted by Crippen LogP contribution is 2.44. The Hall–Kier alpha value is -4.17. The molecule has 3 aromatic carbocycles. The van der Waals surface area contributed by atoms with E-state index in [1.807, 2.05) is 25.1 Å². The number of aliphatic hydroxyl groups excluding tert-OH is 1. The fourth-order valence-electron chi connectivity index (χ4n) is 4.12. The number of aromatic nitrogens is 1. The van der Waals surface area contributed by atoms with Gasteiger partial charge in [-0.05, 0) is 42.8 Å². The summed E-state index contributed by atoms with van der Waals surface area (Å²) in [5.74, 6) is -0.433. The van der Waals surface area contributed by atoms with Crippen LogP contribution in [0, 0.1) is 6.92 Å². The third-order valence-corrected chi connectivity index (χ3v) is 7.01. The van der Waals surface area contributed by atoms with E-state index in [0.717, 1.165) is 10.3 Å². The molecule has 1 N–H and O–H groups in total. The van der Waals surface area contributed by atoms with Crippen LogP contribution >= 0.6 is 11.3 Å². The fourth-order valence-corrected chi connectivity index (χ4v) is 5.14. The van der Waals surface area contributed by atoms with Crippen LogP contribution in [0.2, 0.25) is 0 Å². The van der Waals surface area contributed by atoms with Crippen molar-refractivity contribution in [3.63, 3.8) is 0 Å². The number of carbonyl (C=O) groups is 2. The van der Waals surface area contributed by atoms with E-state index in [0.29, 0.717) is 33.3 Å². The van der Waals surface area contributed by atoms with E-state index in [9.17, 15) is 14.7 Å². The molecule has 0 saturated carbocycles. The van der Waals surface area contributed by atoms with E-state index in [4.69, 9.17) is 9.47 Å². The van der Waals surface area contributed by atoms with Gasteiger partial charge < -0.3 is 14.6 Å². The molecular formula is C27H22N2O5S. The minimum absolute atomic E-state index is 0.0147. The van der Waals surface area contributed by atoms with Crippen molar-refractivity contribution in [1.82, 2.24) is 4.98 Å². The molecular weight excluding hydrogens is 464 g/mol. The predicted octanol–water partition coefficient (Wildman–Crippen LogP) is 5.25. The normalized spacial score (nSPS) is 17.2. The van der Waals surface area contributed by atoms with Crippen molar-refractivity contribution in [2.24, 2.45) is 0 Å². The minimum atomic E-state index is -0.857. The molecule has 4 aromatic rings. The predicted molar refractivity (Wildman–Crippen MR) is 135 cm³/mol. The smallest absolute Gasteiger partial charge is 0.301 e. The molecule has 2 heterocycles. The Morgan fingerprint density at radius 2 is 1.60 bits per heavy atom. The highest BCUT2D eigenvalue weighted by atomic mass is 32.1. The maximum atomic E-state index is 13.4. The highest BCUT2D eigenvalue weighted by molar-refractivity contribution is 7.22. The first kappa shape index (κ1) is 22.6. The van der Waals surface area contributed by atoms with E-state index in [2.05, 4.69) is 4.98 Å². The van der Waals surface area contributed by atoms with Crippen LogP contribution < -0.4 is 14.4 Å². The average Bonchev–Trinajstić information content (AvgIpc) is 3.41. The van der Waals surface area contributed by atoms with Gasteiger partial charge in [-0.2, -0.15) is 0 Å². The van der Waals surface area contributed by atoms with Gasteiger partial charge in [0.15, 0.2) is 5.13 Å². The number of thiazole rings is 1. The molecule has 1 aliphatic heterocycles. The summed E-state index contributed by atoms with van der Waals surface area (Å²) < 4.78 is 11.4. The van der Waals surface area contributed by atoms with Crippen molar-refractivity contribution >= 4 is 44.1 Å². The standard InChI is InChI=1S/C27H22N2O5S/c1-15-4-6-17(7-5-15)24(30)22-23(16-8-10-18(33-2)11-9-16)29(26(32)25(22)31)27-28-20-13-12-19(34-3)14-21(20)35-27/h4-14,23,30H,1-3H3/b24-22+. The molecule has 35 heavy (non-hydrogen) atoms. The van der Waals surface area contributed by atoms with Crippen LogP contribution in [0.25, 0.3) is 16.0 Å². The minimum Gasteiger partial charge on any atom is -0.507 e. The molecule has 0 aliphatic carbocycles. The van der Waals surface area contributed by atoms with Crippen LogP contribution in [0.5, 0.6) is 11.5 Å². The van der Waals surface area contributed by atoms with E-state index in [-0.39, 0.29) is 11.3 Å². The van der Waals surface area contributed by atoms with Gasteiger partial charge in [0, 0.05) is 5.56 Å². The lowest BCUT2D eigenvalue weighted by molar-refractivity contribution is -0.132. The topological polar surface area (TPSA) is 89.0 Å². The van der Waals surface area contributed by atoms with Gasteiger partial charge in [0.05, 0.1) is 36.1 Å². The lowest BCUT2D eigenvalue weighted by Gasteiger charge is -2.23. The molecule has 5 rings (SSSR count). The van der Waals surface area contributed by atoms with Crippen molar-refractivity contribution < 1.29 is 24.2 Å². The third-order valence-electron chi connectivity index (χ3n) is 5.99. The third kappa shape index (κ3) is 3.91. The Bertz CT molecular complexity index is 1470. The second-order valence-electron chi connectivity index (χ2n) is 8.14. The molecule has 0 bridgehead atoms. The highest BCUT2D eigenvalue weighted by Gasteiger charge is 2.48. The molecule has 1 saturated heterocycles. The molecule has 1 fully saturated rings.